The van der Waals surface area contributed by atoms with E-state index in [2.05, 4.69) is 0 Å². The van der Waals surface area contributed by atoms with Gasteiger partial charge in [0.2, 0.25) is 0 Å². The Morgan fingerprint density at radius 2 is 1.91 bits per heavy atom. The van der Waals surface area contributed by atoms with E-state index in [1.165, 1.54) is 29.2 Å². The van der Waals surface area contributed by atoms with Crippen molar-refractivity contribution in [3.63, 3.8) is 0 Å². The maximum absolute atomic E-state index is 12.5. The van der Waals surface area contributed by atoms with Gasteiger partial charge in [-0.2, -0.15) is 0 Å². The van der Waals surface area contributed by atoms with Crippen molar-refractivity contribution in [2.75, 3.05) is 19.3 Å². The van der Waals surface area contributed by atoms with Gasteiger partial charge in [0.15, 0.2) is 9.84 Å². The van der Waals surface area contributed by atoms with Gasteiger partial charge < -0.3 is 10.0 Å². The van der Waals surface area contributed by atoms with E-state index in [0.29, 0.717) is 6.54 Å². The number of carbonyl (C=O) groups is 2. The first kappa shape index (κ1) is 18.2. The summed E-state index contributed by atoms with van der Waals surface area (Å²) in [6.45, 7) is 4.35. The van der Waals surface area contributed by atoms with Gasteiger partial charge in [0, 0.05) is 24.9 Å². The maximum Gasteiger partial charge on any atom is 0.305 e. The third-order valence-corrected chi connectivity index (χ3v) is 4.09. The summed E-state index contributed by atoms with van der Waals surface area (Å²) in [6, 6.07) is 5.79. The molecule has 0 fully saturated rings. The first-order valence-electron chi connectivity index (χ1n) is 6.92. The lowest BCUT2D eigenvalue weighted by Gasteiger charge is -2.24. The fourth-order valence-corrected chi connectivity index (χ4v) is 2.66. The van der Waals surface area contributed by atoms with Crippen LogP contribution in [0.1, 0.15) is 30.6 Å². The van der Waals surface area contributed by atoms with Crippen molar-refractivity contribution >= 4 is 21.7 Å². The summed E-state index contributed by atoms with van der Waals surface area (Å²) in [5.74, 6) is -1.16. The van der Waals surface area contributed by atoms with E-state index in [-0.39, 0.29) is 35.2 Å². The number of carbonyl (C=O) groups excluding carboxylic acids is 1. The summed E-state index contributed by atoms with van der Waals surface area (Å²) in [5, 5.41) is 8.78. The number of rotatable bonds is 7. The van der Waals surface area contributed by atoms with Crippen molar-refractivity contribution in [1.29, 1.82) is 0 Å². The lowest BCUT2D eigenvalue weighted by Crippen LogP contribution is -2.36. The molecule has 7 heteroatoms. The zero-order valence-corrected chi connectivity index (χ0v) is 13.8. The fraction of sp³-hybridized carbons (Fsp3) is 0.467. The molecule has 0 radical (unpaired) electrons. The topological polar surface area (TPSA) is 91.8 Å². The zero-order valence-electron chi connectivity index (χ0n) is 12.9. The first-order valence-corrected chi connectivity index (χ1v) is 8.81. The van der Waals surface area contributed by atoms with Gasteiger partial charge >= 0.3 is 5.97 Å². The van der Waals surface area contributed by atoms with E-state index in [4.69, 9.17) is 5.11 Å². The Labute approximate surface area is 130 Å². The van der Waals surface area contributed by atoms with Gasteiger partial charge in [-0.25, -0.2) is 8.42 Å². The number of carboxylic acid groups (broad SMARTS) is 1. The third-order valence-electron chi connectivity index (χ3n) is 2.98. The molecule has 1 amide bonds. The van der Waals surface area contributed by atoms with Crippen LogP contribution in [0.4, 0.5) is 0 Å². The van der Waals surface area contributed by atoms with Crippen LogP contribution in [0.2, 0.25) is 0 Å². The molecule has 0 aliphatic carbocycles. The smallest absolute Gasteiger partial charge is 0.305 e. The molecule has 1 aromatic rings. The summed E-state index contributed by atoms with van der Waals surface area (Å²) in [6.07, 6.45) is 0.928. The lowest BCUT2D eigenvalue weighted by atomic mass is 10.1. The highest BCUT2D eigenvalue weighted by atomic mass is 32.2. The molecule has 0 aliphatic heterocycles. The summed E-state index contributed by atoms with van der Waals surface area (Å²) >= 11 is 0. The monoisotopic (exact) mass is 327 g/mol. The van der Waals surface area contributed by atoms with Gasteiger partial charge in [0.1, 0.15) is 0 Å². The molecule has 22 heavy (non-hydrogen) atoms. The molecule has 6 nitrogen and oxygen atoms in total. The van der Waals surface area contributed by atoms with Crippen molar-refractivity contribution in [3.8, 4) is 0 Å². The van der Waals surface area contributed by atoms with E-state index in [1.54, 1.807) is 0 Å². The number of sulfone groups is 1. The summed E-state index contributed by atoms with van der Waals surface area (Å²) in [4.78, 5) is 24.7. The maximum atomic E-state index is 12.5. The molecule has 1 N–H and O–H groups in total. The number of carboxylic acids is 1. The number of hydrogen-bond acceptors (Lipinski definition) is 4. The molecule has 0 spiro atoms. The number of hydrogen-bond donors (Lipinski definition) is 1. The standard InChI is InChI=1S/C15H21NO5S/c1-11(2)10-16(8-7-14(17)18)15(19)12-5-4-6-13(9-12)22(3,20)21/h4-6,9,11H,7-8,10H2,1-3H3,(H,17,18). The van der Waals surface area contributed by atoms with Crippen LogP contribution in [0.5, 0.6) is 0 Å². The molecule has 0 bridgehead atoms. The van der Waals surface area contributed by atoms with Gasteiger partial charge in [-0.15, -0.1) is 0 Å². The number of aliphatic carboxylic acids is 1. The molecule has 1 aromatic carbocycles. The summed E-state index contributed by atoms with van der Waals surface area (Å²) in [7, 11) is -3.40. The largest absolute Gasteiger partial charge is 0.481 e. The normalized spacial score (nSPS) is 11.5. The lowest BCUT2D eigenvalue weighted by molar-refractivity contribution is -0.137. The Balaban J connectivity index is 3.05. The number of benzene rings is 1. The minimum absolute atomic E-state index is 0.0704. The van der Waals surface area contributed by atoms with Crippen LogP contribution >= 0.6 is 0 Å². The van der Waals surface area contributed by atoms with Crippen molar-refractivity contribution in [3.05, 3.63) is 29.8 Å². The first-order chi connectivity index (χ1) is 10.1. The van der Waals surface area contributed by atoms with Crippen LogP contribution in [0, 0.1) is 5.92 Å². The van der Waals surface area contributed by atoms with Crippen LogP contribution in [-0.2, 0) is 14.6 Å². The molecule has 0 aliphatic rings. The van der Waals surface area contributed by atoms with Gasteiger partial charge in [-0.1, -0.05) is 19.9 Å². The van der Waals surface area contributed by atoms with E-state index < -0.39 is 15.8 Å². The van der Waals surface area contributed by atoms with Crippen LogP contribution in [-0.4, -0.2) is 49.6 Å². The third kappa shape index (κ3) is 5.48. The molecule has 0 atom stereocenters. The minimum Gasteiger partial charge on any atom is -0.481 e. The van der Waals surface area contributed by atoms with Crippen molar-refractivity contribution in [2.24, 2.45) is 5.92 Å². The molecule has 0 saturated heterocycles. The van der Waals surface area contributed by atoms with Crippen LogP contribution < -0.4 is 0 Å². The summed E-state index contributed by atoms with van der Waals surface area (Å²) < 4.78 is 23.1. The van der Waals surface area contributed by atoms with Gasteiger partial charge in [0.05, 0.1) is 11.3 Å². The van der Waals surface area contributed by atoms with E-state index in [9.17, 15) is 18.0 Å². The molecule has 0 unspecified atom stereocenters. The average Bonchev–Trinajstić information content (AvgIpc) is 2.41. The second kappa shape index (κ2) is 7.40. The van der Waals surface area contributed by atoms with Gasteiger partial charge in [-0.3, -0.25) is 9.59 Å². The molecule has 0 heterocycles. The Morgan fingerprint density at radius 3 is 2.41 bits per heavy atom. The van der Waals surface area contributed by atoms with Gasteiger partial charge in [0.25, 0.3) is 5.91 Å². The van der Waals surface area contributed by atoms with Crippen molar-refractivity contribution < 1.29 is 23.1 Å². The second-order valence-electron chi connectivity index (χ2n) is 5.59. The van der Waals surface area contributed by atoms with Crippen molar-refractivity contribution in [2.45, 2.75) is 25.2 Å². The highest BCUT2D eigenvalue weighted by molar-refractivity contribution is 7.90. The molecular weight excluding hydrogens is 306 g/mol. The average molecular weight is 327 g/mol. The zero-order chi connectivity index (χ0) is 16.9. The fourth-order valence-electron chi connectivity index (χ4n) is 1.99. The quantitative estimate of drug-likeness (QED) is 0.822. The number of nitrogens with zero attached hydrogens (tertiary/aromatic N) is 1. The summed E-state index contributed by atoms with van der Waals surface area (Å²) in [5.41, 5.74) is 0.244. The molecule has 1 rings (SSSR count). The van der Waals surface area contributed by atoms with Crippen LogP contribution in [0.3, 0.4) is 0 Å². The number of amides is 1. The predicted molar refractivity (Wildman–Crippen MR) is 82.5 cm³/mol. The minimum atomic E-state index is -3.40. The van der Waals surface area contributed by atoms with Gasteiger partial charge in [-0.05, 0) is 24.1 Å². The Morgan fingerprint density at radius 1 is 1.27 bits per heavy atom. The van der Waals surface area contributed by atoms with Crippen LogP contribution in [0.25, 0.3) is 0 Å². The highest BCUT2D eigenvalue weighted by Gasteiger charge is 2.19. The predicted octanol–water partition coefficient (Wildman–Crippen LogP) is 1.66. The Hall–Kier alpha value is -1.89. The molecule has 122 valence electrons. The Kier molecular flexibility index (Phi) is 6.11. The Bertz CT molecular complexity index is 652. The van der Waals surface area contributed by atoms with E-state index >= 15 is 0 Å². The van der Waals surface area contributed by atoms with E-state index in [1.807, 2.05) is 13.8 Å². The highest BCUT2D eigenvalue weighted by Crippen LogP contribution is 2.14. The molecule has 0 saturated carbocycles. The SMILES string of the molecule is CC(C)CN(CCC(=O)O)C(=O)c1cccc(S(C)(=O)=O)c1. The second-order valence-corrected chi connectivity index (χ2v) is 7.60. The van der Waals surface area contributed by atoms with E-state index in [0.717, 1.165) is 6.26 Å². The molecular formula is C15H21NO5S. The molecule has 0 aromatic heterocycles. The van der Waals surface area contributed by atoms with Crippen LogP contribution in [0.15, 0.2) is 29.2 Å². The van der Waals surface area contributed by atoms with Crippen molar-refractivity contribution in [1.82, 2.24) is 4.90 Å².